The average molecular weight is 424 g/mol. The van der Waals surface area contributed by atoms with Crippen LogP contribution in [0.25, 0.3) is 10.9 Å². The summed E-state index contributed by atoms with van der Waals surface area (Å²) in [7, 11) is 0. The minimum absolute atomic E-state index is 0.0720. The zero-order valence-corrected chi connectivity index (χ0v) is 17.7. The van der Waals surface area contributed by atoms with Crippen molar-refractivity contribution < 1.29 is 19.5 Å². The Kier molecular flexibility index (Phi) is 6.20. The SMILES string of the molecule is O=C(O)CC[C@@H](NC(=O)c1cnc2ccccc2c1)C(=O)N1CCC2(CCCC2)CC1. The second-order valence-corrected chi connectivity index (χ2v) is 8.91. The second kappa shape index (κ2) is 9.04. The molecule has 2 fully saturated rings. The van der Waals surface area contributed by atoms with Crippen LogP contribution in [0.3, 0.4) is 0 Å². The summed E-state index contributed by atoms with van der Waals surface area (Å²) in [4.78, 5) is 43.3. The van der Waals surface area contributed by atoms with Gasteiger partial charge in [-0.1, -0.05) is 31.0 Å². The molecule has 2 N–H and O–H groups in total. The molecule has 0 bridgehead atoms. The fraction of sp³-hybridized carbons (Fsp3) is 0.500. The first-order valence-electron chi connectivity index (χ1n) is 11.1. The lowest BCUT2D eigenvalue weighted by atomic mass is 9.77. The summed E-state index contributed by atoms with van der Waals surface area (Å²) in [5.41, 5.74) is 1.52. The van der Waals surface area contributed by atoms with Gasteiger partial charge in [0.05, 0.1) is 11.1 Å². The number of aliphatic carboxylic acids is 1. The topological polar surface area (TPSA) is 99.6 Å². The zero-order chi connectivity index (χ0) is 21.8. The van der Waals surface area contributed by atoms with E-state index in [1.165, 1.54) is 31.9 Å². The zero-order valence-electron chi connectivity index (χ0n) is 17.7. The molecule has 7 nitrogen and oxygen atoms in total. The number of para-hydroxylation sites is 1. The average Bonchev–Trinajstić information content (AvgIpc) is 3.24. The van der Waals surface area contributed by atoms with Crippen molar-refractivity contribution in [1.29, 1.82) is 0 Å². The number of rotatable bonds is 6. The summed E-state index contributed by atoms with van der Waals surface area (Å²) in [6.07, 6.45) is 8.39. The van der Waals surface area contributed by atoms with Crippen LogP contribution in [0.4, 0.5) is 0 Å². The van der Waals surface area contributed by atoms with E-state index in [4.69, 9.17) is 5.11 Å². The number of pyridine rings is 1. The molecule has 2 heterocycles. The Morgan fingerprint density at radius 3 is 2.52 bits per heavy atom. The first-order chi connectivity index (χ1) is 15.0. The Bertz CT molecular complexity index is 974. The van der Waals surface area contributed by atoms with Gasteiger partial charge in [-0.25, -0.2) is 0 Å². The molecule has 1 atom stereocenters. The third kappa shape index (κ3) is 4.86. The number of likely N-dealkylation sites (tertiary alicyclic amines) is 1. The van der Waals surface area contributed by atoms with Crippen molar-refractivity contribution in [2.75, 3.05) is 13.1 Å². The highest BCUT2D eigenvalue weighted by Crippen LogP contribution is 2.46. The van der Waals surface area contributed by atoms with Crippen LogP contribution in [-0.4, -0.2) is 51.9 Å². The van der Waals surface area contributed by atoms with Crippen LogP contribution in [0.15, 0.2) is 36.5 Å². The molecule has 1 aromatic carbocycles. The number of aromatic nitrogens is 1. The Morgan fingerprint density at radius 1 is 1.10 bits per heavy atom. The van der Waals surface area contributed by atoms with Gasteiger partial charge in [-0.2, -0.15) is 0 Å². The molecule has 1 saturated carbocycles. The fourth-order valence-electron chi connectivity index (χ4n) is 5.01. The lowest BCUT2D eigenvalue weighted by Gasteiger charge is -2.40. The van der Waals surface area contributed by atoms with Crippen molar-refractivity contribution in [2.45, 2.75) is 57.4 Å². The van der Waals surface area contributed by atoms with Gasteiger partial charge < -0.3 is 15.3 Å². The van der Waals surface area contributed by atoms with Gasteiger partial charge in [0.2, 0.25) is 5.91 Å². The van der Waals surface area contributed by atoms with Gasteiger partial charge in [0.1, 0.15) is 6.04 Å². The highest BCUT2D eigenvalue weighted by Gasteiger charge is 2.39. The number of hydrogen-bond donors (Lipinski definition) is 2. The van der Waals surface area contributed by atoms with Crippen molar-refractivity contribution in [3.8, 4) is 0 Å². The number of fused-ring (bicyclic) bond motifs is 1. The maximum absolute atomic E-state index is 13.2. The number of benzene rings is 1. The van der Waals surface area contributed by atoms with Crippen molar-refractivity contribution in [1.82, 2.24) is 15.2 Å². The van der Waals surface area contributed by atoms with Gasteiger partial charge in [-0.3, -0.25) is 19.4 Å². The van der Waals surface area contributed by atoms with E-state index in [0.29, 0.717) is 24.1 Å². The Morgan fingerprint density at radius 2 is 1.81 bits per heavy atom. The van der Waals surface area contributed by atoms with Crippen molar-refractivity contribution in [2.24, 2.45) is 5.41 Å². The molecule has 4 rings (SSSR count). The molecule has 1 aliphatic heterocycles. The quantitative estimate of drug-likeness (QED) is 0.742. The lowest BCUT2D eigenvalue weighted by Crippen LogP contribution is -2.52. The van der Waals surface area contributed by atoms with Crippen LogP contribution in [0.1, 0.15) is 61.7 Å². The molecule has 1 spiro atoms. The van der Waals surface area contributed by atoms with Crippen LogP contribution < -0.4 is 5.32 Å². The molecule has 2 aromatic rings. The predicted octanol–water partition coefficient (Wildman–Crippen LogP) is 3.38. The van der Waals surface area contributed by atoms with Gasteiger partial charge in [0, 0.05) is 31.1 Å². The number of carboxylic acids is 1. The van der Waals surface area contributed by atoms with E-state index >= 15 is 0 Å². The Hall–Kier alpha value is -2.96. The number of carboxylic acid groups (broad SMARTS) is 1. The largest absolute Gasteiger partial charge is 0.481 e. The molecule has 164 valence electrons. The van der Waals surface area contributed by atoms with Crippen LogP contribution in [0.2, 0.25) is 0 Å². The molecule has 1 saturated heterocycles. The number of piperidine rings is 1. The van der Waals surface area contributed by atoms with Crippen molar-refractivity contribution in [3.05, 3.63) is 42.1 Å². The molecule has 1 aromatic heterocycles. The molecule has 0 radical (unpaired) electrons. The van der Waals surface area contributed by atoms with Crippen LogP contribution in [0, 0.1) is 5.41 Å². The summed E-state index contributed by atoms with van der Waals surface area (Å²) in [6, 6.07) is 8.37. The van der Waals surface area contributed by atoms with Gasteiger partial charge in [-0.05, 0) is 49.7 Å². The molecular formula is C24H29N3O4. The highest BCUT2D eigenvalue weighted by molar-refractivity contribution is 5.99. The monoisotopic (exact) mass is 423 g/mol. The van der Waals surface area contributed by atoms with Gasteiger partial charge in [0.15, 0.2) is 0 Å². The van der Waals surface area contributed by atoms with E-state index in [-0.39, 0.29) is 18.7 Å². The van der Waals surface area contributed by atoms with Gasteiger partial charge >= 0.3 is 5.97 Å². The summed E-state index contributed by atoms with van der Waals surface area (Å²) in [5.74, 6) is -1.58. The maximum atomic E-state index is 13.2. The summed E-state index contributed by atoms with van der Waals surface area (Å²) >= 11 is 0. The summed E-state index contributed by atoms with van der Waals surface area (Å²) < 4.78 is 0. The number of carbonyl (C=O) groups is 3. The number of carbonyl (C=O) groups excluding carboxylic acids is 2. The third-order valence-corrected chi connectivity index (χ3v) is 6.90. The molecule has 31 heavy (non-hydrogen) atoms. The maximum Gasteiger partial charge on any atom is 0.303 e. The van der Waals surface area contributed by atoms with E-state index < -0.39 is 17.9 Å². The first-order valence-corrected chi connectivity index (χ1v) is 11.1. The molecule has 0 unspecified atom stereocenters. The van der Waals surface area contributed by atoms with E-state index in [1.807, 2.05) is 24.3 Å². The molecule has 2 amide bonds. The molecular weight excluding hydrogens is 394 g/mol. The normalized spacial score (nSPS) is 18.8. The highest BCUT2D eigenvalue weighted by atomic mass is 16.4. The predicted molar refractivity (Wildman–Crippen MR) is 117 cm³/mol. The number of hydrogen-bond acceptors (Lipinski definition) is 4. The minimum Gasteiger partial charge on any atom is -0.481 e. The summed E-state index contributed by atoms with van der Waals surface area (Å²) in [6.45, 7) is 1.35. The fourth-order valence-corrected chi connectivity index (χ4v) is 5.01. The second-order valence-electron chi connectivity index (χ2n) is 8.91. The third-order valence-electron chi connectivity index (χ3n) is 6.90. The minimum atomic E-state index is -0.983. The van der Waals surface area contributed by atoms with Crippen LogP contribution in [0.5, 0.6) is 0 Å². The Balaban J connectivity index is 1.45. The standard InChI is InChI=1S/C24H29N3O4/c28-21(29)8-7-20(23(31)27-13-11-24(12-14-27)9-3-4-10-24)26-22(30)18-15-17-5-1-2-6-19(17)25-16-18/h1-2,5-6,15-16,20H,3-4,7-14H2,(H,26,30)(H,28,29)/t20-/m1/s1. The number of nitrogens with one attached hydrogen (secondary N) is 1. The van der Waals surface area contributed by atoms with Gasteiger partial charge in [-0.15, -0.1) is 0 Å². The molecule has 2 aliphatic rings. The summed E-state index contributed by atoms with van der Waals surface area (Å²) in [5, 5.41) is 12.7. The van der Waals surface area contributed by atoms with Crippen LogP contribution >= 0.6 is 0 Å². The van der Waals surface area contributed by atoms with E-state index in [2.05, 4.69) is 10.3 Å². The van der Waals surface area contributed by atoms with Gasteiger partial charge in [0.25, 0.3) is 5.91 Å². The number of amides is 2. The van der Waals surface area contributed by atoms with Crippen LogP contribution in [-0.2, 0) is 9.59 Å². The lowest BCUT2D eigenvalue weighted by molar-refractivity contribution is -0.138. The smallest absolute Gasteiger partial charge is 0.303 e. The first kappa shape index (κ1) is 21.3. The number of nitrogens with zero attached hydrogens (tertiary/aromatic N) is 2. The molecule has 1 aliphatic carbocycles. The van der Waals surface area contributed by atoms with Crippen molar-refractivity contribution in [3.63, 3.8) is 0 Å². The Labute approximate surface area is 181 Å². The van der Waals surface area contributed by atoms with E-state index in [1.54, 1.807) is 11.0 Å². The van der Waals surface area contributed by atoms with E-state index in [9.17, 15) is 14.4 Å². The van der Waals surface area contributed by atoms with Crippen molar-refractivity contribution >= 4 is 28.7 Å². The van der Waals surface area contributed by atoms with E-state index in [0.717, 1.165) is 23.7 Å². The molecule has 7 heteroatoms.